The van der Waals surface area contributed by atoms with E-state index in [0.717, 1.165) is 49.4 Å². The number of rotatable bonds is 52. The van der Waals surface area contributed by atoms with E-state index in [1.54, 1.807) is 0 Å². The lowest BCUT2D eigenvalue weighted by Crippen LogP contribution is -2.37. The Labute approximate surface area is 501 Å². The molecular formula is C65H132O8S4. The smallest absolute Gasteiger partial charge is 0.185 e. The van der Waals surface area contributed by atoms with Crippen LogP contribution in [-0.4, -0.2) is 67.3 Å². The molecule has 0 saturated heterocycles. The van der Waals surface area contributed by atoms with Crippen LogP contribution in [0.1, 0.15) is 338 Å². The number of hydrogen-bond acceptors (Lipinski definition) is 8. The van der Waals surface area contributed by atoms with Crippen molar-refractivity contribution in [3.05, 3.63) is 0 Å². The Kier molecular flexibility index (Phi) is 78.1. The molecule has 8 nitrogen and oxygen atoms in total. The molecule has 0 aliphatic heterocycles. The van der Waals surface area contributed by atoms with Crippen LogP contribution >= 0.6 is 50.5 Å². The minimum absolute atomic E-state index is 0.0387. The quantitative estimate of drug-likeness (QED) is 0.0222. The standard InChI is InChI=1S/4C15H30OS.C5H12O4/c4*1-3-5-11-14(10-4-2)12-8-6-7-9-13-15(16)17;6-1-5(2-7,3-8)4-9/h4*14H,3-13H2,1-2H3,(H,16,17);6-9H,1-4H2. The highest BCUT2D eigenvalue weighted by Crippen LogP contribution is 2.26. The first kappa shape index (κ1) is 85.7. The topological polar surface area (TPSA) is 149 Å². The van der Waals surface area contributed by atoms with Gasteiger partial charge in [0.25, 0.3) is 0 Å². The van der Waals surface area contributed by atoms with Gasteiger partial charge in [-0.2, -0.15) is 0 Å². The Hall–Kier alpha value is -0.0800. The minimum atomic E-state index is -1.11. The molecule has 0 rings (SSSR count). The molecule has 0 aromatic carbocycles. The number of hydrogen-bond donors (Lipinski definition) is 8. The van der Waals surface area contributed by atoms with Gasteiger partial charge in [0.15, 0.2) is 20.5 Å². The fourth-order valence-electron chi connectivity index (χ4n) is 9.89. The largest absolute Gasteiger partial charge is 0.396 e. The second-order valence-electron chi connectivity index (χ2n) is 22.7. The van der Waals surface area contributed by atoms with Gasteiger partial charge in [0.2, 0.25) is 0 Å². The van der Waals surface area contributed by atoms with E-state index >= 15 is 0 Å². The van der Waals surface area contributed by atoms with Gasteiger partial charge in [0, 0.05) is 25.7 Å². The summed E-state index contributed by atoms with van der Waals surface area (Å²) in [6.07, 6.45) is 54.9. The fourth-order valence-corrected chi connectivity index (χ4v) is 10.5. The van der Waals surface area contributed by atoms with Gasteiger partial charge in [0.1, 0.15) is 0 Å². The maximum Gasteiger partial charge on any atom is 0.185 e. The first-order chi connectivity index (χ1) is 37.1. The molecular weight excluding hydrogens is 1040 g/mol. The lowest BCUT2D eigenvalue weighted by molar-refractivity contribution is -0.111. The molecule has 0 bridgehead atoms. The SMILES string of the molecule is CCCCC(CCC)CCCCCCC(=O)S.CCCCC(CCC)CCCCCCC(=O)S.CCCCC(CCC)CCCCCCC(=O)S.CCCCC(CCC)CCCCCCC(=O)S.OCC(CO)(CO)CO. The third-order valence-corrected chi connectivity index (χ3v) is 15.9. The van der Waals surface area contributed by atoms with Crippen molar-refractivity contribution in [2.75, 3.05) is 26.4 Å². The molecule has 0 amide bonds. The van der Waals surface area contributed by atoms with Crippen LogP contribution in [0.4, 0.5) is 0 Å². The van der Waals surface area contributed by atoms with Crippen molar-refractivity contribution in [3.8, 4) is 0 Å². The van der Waals surface area contributed by atoms with Gasteiger partial charge in [0.05, 0.1) is 31.8 Å². The Bertz CT molecular complexity index is 1030. The number of aliphatic hydroxyl groups is 4. The Balaban J connectivity index is -0.000000284. The van der Waals surface area contributed by atoms with Crippen molar-refractivity contribution in [1.29, 1.82) is 0 Å². The van der Waals surface area contributed by atoms with Crippen LogP contribution in [0, 0.1) is 29.1 Å². The first-order valence-corrected chi connectivity index (χ1v) is 34.1. The summed E-state index contributed by atoms with van der Waals surface area (Å²) in [4.78, 5) is 42.6. The number of carbonyl (C=O) groups is 4. The van der Waals surface area contributed by atoms with E-state index < -0.39 is 31.8 Å². The first-order valence-electron chi connectivity index (χ1n) is 32.4. The lowest BCUT2D eigenvalue weighted by atomic mass is 9.91. The van der Waals surface area contributed by atoms with Crippen molar-refractivity contribution in [2.45, 2.75) is 338 Å². The van der Waals surface area contributed by atoms with E-state index in [-0.39, 0.29) is 20.5 Å². The van der Waals surface area contributed by atoms with Crippen LogP contribution in [0.5, 0.6) is 0 Å². The zero-order valence-electron chi connectivity index (χ0n) is 52.0. The Morgan fingerprint density at radius 2 is 0.429 bits per heavy atom. The maximum atomic E-state index is 10.7. The van der Waals surface area contributed by atoms with Crippen LogP contribution in [-0.2, 0) is 19.2 Å². The fraction of sp³-hybridized carbons (Fsp3) is 0.938. The maximum absolute atomic E-state index is 10.7. The molecule has 0 aliphatic rings. The van der Waals surface area contributed by atoms with Crippen LogP contribution < -0.4 is 0 Å². The number of unbranched alkanes of at least 4 members (excludes halogenated alkanes) is 16. The van der Waals surface area contributed by atoms with E-state index in [1.807, 2.05) is 0 Å². The molecule has 0 fully saturated rings. The highest BCUT2D eigenvalue weighted by atomic mass is 32.1. The third kappa shape index (κ3) is 72.0. The van der Waals surface area contributed by atoms with Crippen LogP contribution in [0.2, 0.25) is 0 Å². The molecule has 0 aliphatic carbocycles. The molecule has 0 radical (unpaired) electrons. The van der Waals surface area contributed by atoms with Gasteiger partial charge in [-0.1, -0.05) is 287 Å². The average Bonchev–Trinajstić information content (AvgIpc) is 3.40. The normalized spacial score (nSPS) is 12.6. The molecule has 0 aromatic heterocycles. The summed E-state index contributed by atoms with van der Waals surface area (Å²) in [7, 11) is 0. The van der Waals surface area contributed by atoms with E-state index in [2.05, 4.69) is 106 Å². The van der Waals surface area contributed by atoms with Gasteiger partial charge in [-0.15, -0.1) is 50.5 Å². The van der Waals surface area contributed by atoms with Crippen molar-refractivity contribution < 1.29 is 39.6 Å². The zero-order valence-corrected chi connectivity index (χ0v) is 55.5. The molecule has 12 heteroatoms. The highest BCUT2D eigenvalue weighted by Gasteiger charge is 2.26. The second kappa shape index (κ2) is 70.2. The summed E-state index contributed by atoms with van der Waals surface area (Å²) in [5.41, 5.74) is -1.11. The van der Waals surface area contributed by atoms with Gasteiger partial charge in [-0.05, 0) is 49.4 Å². The molecule has 4 N–H and O–H groups in total. The molecule has 0 spiro atoms. The summed E-state index contributed by atoms with van der Waals surface area (Å²) in [6, 6.07) is 0. The van der Waals surface area contributed by atoms with Gasteiger partial charge >= 0.3 is 0 Å². The van der Waals surface area contributed by atoms with Crippen LogP contribution in [0.15, 0.2) is 0 Å². The predicted octanol–water partition coefficient (Wildman–Crippen LogP) is 19.5. The summed E-state index contributed by atoms with van der Waals surface area (Å²) < 4.78 is 0. The summed E-state index contributed by atoms with van der Waals surface area (Å²) in [5, 5.41) is 34.1. The highest BCUT2D eigenvalue weighted by molar-refractivity contribution is 7.97. The van der Waals surface area contributed by atoms with Crippen LogP contribution in [0.25, 0.3) is 0 Å². The van der Waals surface area contributed by atoms with Crippen molar-refractivity contribution in [2.24, 2.45) is 29.1 Å². The Morgan fingerprint density at radius 1 is 0.260 bits per heavy atom. The van der Waals surface area contributed by atoms with E-state index in [1.165, 1.54) is 231 Å². The third-order valence-electron chi connectivity index (χ3n) is 15.0. The number of thiol groups is 4. The lowest BCUT2D eigenvalue weighted by Gasteiger charge is -2.23. The molecule has 4 atom stereocenters. The van der Waals surface area contributed by atoms with Gasteiger partial charge < -0.3 is 20.4 Å². The summed E-state index contributed by atoms with van der Waals surface area (Å²) in [5.74, 6) is 3.80. The van der Waals surface area contributed by atoms with Crippen molar-refractivity contribution in [1.82, 2.24) is 0 Å². The van der Waals surface area contributed by atoms with E-state index in [4.69, 9.17) is 20.4 Å². The minimum Gasteiger partial charge on any atom is -0.396 e. The van der Waals surface area contributed by atoms with E-state index in [0.29, 0.717) is 25.7 Å². The van der Waals surface area contributed by atoms with Crippen molar-refractivity contribution >= 4 is 71.0 Å². The molecule has 464 valence electrons. The summed E-state index contributed by atoms with van der Waals surface area (Å²) in [6.45, 7) is 16.6. The zero-order chi connectivity index (χ0) is 59.1. The van der Waals surface area contributed by atoms with Gasteiger partial charge in [-0.3, -0.25) is 19.2 Å². The molecule has 0 saturated carbocycles. The summed E-state index contributed by atoms with van der Waals surface area (Å²) >= 11 is 15.1. The Morgan fingerprint density at radius 3 is 0.558 bits per heavy atom. The second-order valence-corrected chi connectivity index (χ2v) is 24.7. The molecule has 4 unspecified atom stereocenters. The number of aliphatic hydroxyl groups excluding tert-OH is 4. The van der Waals surface area contributed by atoms with E-state index in [9.17, 15) is 19.2 Å². The molecule has 0 heterocycles. The van der Waals surface area contributed by atoms with Crippen molar-refractivity contribution in [3.63, 3.8) is 0 Å². The number of carbonyl (C=O) groups excluding carboxylic acids is 4. The molecule has 0 aromatic rings. The average molecular weight is 1170 g/mol. The van der Waals surface area contributed by atoms with Gasteiger partial charge in [-0.25, -0.2) is 0 Å². The van der Waals surface area contributed by atoms with Crippen LogP contribution in [0.3, 0.4) is 0 Å². The monoisotopic (exact) mass is 1170 g/mol. The molecule has 77 heavy (non-hydrogen) atoms. The predicted molar refractivity (Wildman–Crippen MR) is 349 cm³/mol.